The lowest BCUT2D eigenvalue weighted by molar-refractivity contribution is -0.135. The maximum Gasteiger partial charge on any atom is 0.225 e. The molecule has 6 nitrogen and oxygen atoms in total. The highest BCUT2D eigenvalue weighted by Crippen LogP contribution is 2.14. The Morgan fingerprint density at radius 2 is 2.12 bits per heavy atom. The van der Waals surface area contributed by atoms with E-state index in [0.717, 1.165) is 0 Å². The molecule has 0 aromatic rings. The van der Waals surface area contributed by atoms with Crippen molar-refractivity contribution in [1.29, 1.82) is 0 Å². The van der Waals surface area contributed by atoms with Gasteiger partial charge in [0.1, 0.15) is 5.84 Å². The van der Waals surface area contributed by atoms with Gasteiger partial charge in [0.25, 0.3) is 0 Å². The Balaban J connectivity index is 4.10. The molecular formula is C10H21N3O3. The number of nitrogens with two attached hydrogens (primary N) is 1. The lowest BCUT2D eigenvalue weighted by Crippen LogP contribution is -2.36. The van der Waals surface area contributed by atoms with Crippen LogP contribution in [0.5, 0.6) is 0 Å². The molecule has 16 heavy (non-hydrogen) atoms. The average molecular weight is 231 g/mol. The van der Waals surface area contributed by atoms with Crippen molar-refractivity contribution in [1.82, 2.24) is 4.90 Å². The number of carbonyl (C=O) groups is 1. The number of hydrogen-bond acceptors (Lipinski definition) is 4. The normalized spacial score (nSPS) is 12.6. The smallest absolute Gasteiger partial charge is 0.225 e. The monoisotopic (exact) mass is 231 g/mol. The summed E-state index contributed by atoms with van der Waals surface area (Å²) in [6, 6.07) is 0. The molecule has 0 aromatic heterocycles. The highest BCUT2D eigenvalue weighted by atomic mass is 16.5. The van der Waals surface area contributed by atoms with Crippen LogP contribution < -0.4 is 5.73 Å². The van der Waals surface area contributed by atoms with E-state index in [-0.39, 0.29) is 11.7 Å². The summed E-state index contributed by atoms with van der Waals surface area (Å²) < 4.78 is 5.17. The van der Waals surface area contributed by atoms with E-state index in [2.05, 4.69) is 5.16 Å². The zero-order chi connectivity index (χ0) is 12.8. The summed E-state index contributed by atoms with van der Waals surface area (Å²) in [5.41, 5.74) is 4.84. The van der Waals surface area contributed by atoms with Crippen LogP contribution in [0.4, 0.5) is 0 Å². The highest BCUT2D eigenvalue weighted by molar-refractivity contribution is 5.81. The van der Waals surface area contributed by atoms with Crippen LogP contribution in [0.3, 0.4) is 0 Å². The van der Waals surface area contributed by atoms with Gasteiger partial charge in [-0.3, -0.25) is 4.79 Å². The van der Waals surface area contributed by atoms with Crippen molar-refractivity contribution >= 4 is 11.7 Å². The lowest BCUT2D eigenvalue weighted by Gasteiger charge is -2.25. The number of carbonyl (C=O) groups excluding carboxylic acids is 1. The summed E-state index contributed by atoms with van der Waals surface area (Å²) in [6.07, 6.45) is 0.655. The van der Waals surface area contributed by atoms with Gasteiger partial charge in [-0.1, -0.05) is 5.16 Å². The molecule has 0 aliphatic rings. The van der Waals surface area contributed by atoms with Crippen molar-refractivity contribution in [3.63, 3.8) is 0 Å². The molecule has 0 rings (SSSR count). The van der Waals surface area contributed by atoms with E-state index in [0.29, 0.717) is 19.4 Å². The minimum atomic E-state index is -0.470. The van der Waals surface area contributed by atoms with Crippen LogP contribution in [0, 0.1) is 0 Å². The molecule has 1 amide bonds. The Kier molecular flexibility index (Phi) is 5.81. The van der Waals surface area contributed by atoms with Crippen molar-refractivity contribution in [2.75, 3.05) is 20.7 Å². The number of oxime groups is 1. The second-order valence-electron chi connectivity index (χ2n) is 4.30. The van der Waals surface area contributed by atoms with Crippen molar-refractivity contribution in [3.8, 4) is 0 Å². The van der Waals surface area contributed by atoms with Gasteiger partial charge in [-0.15, -0.1) is 0 Å². The maximum atomic E-state index is 11.7. The summed E-state index contributed by atoms with van der Waals surface area (Å²) in [5.74, 6) is 0.0863. The first kappa shape index (κ1) is 14.7. The van der Waals surface area contributed by atoms with Gasteiger partial charge >= 0.3 is 0 Å². The van der Waals surface area contributed by atoms with E-state index < -0.39 is 5.60 Å². The second-order valence-corrected chi connectivity index (χ2v) is 4.30. The molecule has 0 radical (unpaired) electrons. The van der Waals surface area contributed by atoms with Gasteiger partial charge in [-0.25, -0.2) is 0 Å². The number of ether oxygens (including phenoxy) is 1. The minimum absolute atomic E-state index is 0.0300. The maximum absolute atomic E-state index is 11.7. The number of amidine groups is 1. The van der Waals surface area contributed by atoms with Crippen LogP contribution in [0.2, 0.25) is 0 Å². The van der Waals surface area contributed by atoms with Crippen molar-refractivity contribution in [3.05, 3.63) is 0 Å². The fraction of sp³-hybridized carbons (Fsp3) is 0.800. The molecule has 0 fully saturated rings. The Bertz CT molecular complexity index is 264. The first-order valence-electron chi connectivity index (χ1n) is 5.08. The Labute approximate surface area is 96.0 Å². The number of amides is 1. The van der Waals surface area contributed by atoms with Gasteiger partial charge in [0.05, 0.1) is 12.0 Å². The molecule has 0 saturated heterocycles. The molecule has 0 atom stereocenters. The summed E-state index contributed by atoms with van der Waals surface area (Å²) in [6.45, 7) is 4.12. The van der Waals surface area contributed by atoms with Crippen LogP contribution in [-0.2, 0) is 9.53 Å². The van der Waals surface area contributed by atoms with Gasteiger partial charge in [-0.05, 0) is 13.8 Å². The third kappa shape index (κ3) is 5.55. The molecule has 6 heteroatoms. The minimum Gasteiger partial charge on any atom is -0.409 e. The molecule has 0 unspecified atom stereocenters. The predicted octanol–water partition coefficient (Wildman–Crippen LogP) is 0.396. The summed E-state index contributed by atoms with van der Waals surface area (Å²) in [5, 5.41) is 11.2. The van der Waals surface area contributed by atoms with Crippen LogP contribution in [0.25, 0.3) is 0 Å². The zero-order valence-corrected chi connectivity index (χ0v) is 10.4. The largest absolute Gasteiger partial charge is 0.409 e. The van der Waals surface area contributed by atoms with Crippen LogP contribution in [0.15, 0.2) is 5.16 Å². The van der Waals surface area contributed by atoms with E-state index in [1.54, 1.807) is 19.1 Å². The Hall–Kier alpha value is -1.30. The number of rotatable bonds is 6. The van der Waals surface area contributed by atoms with Gasteiger partial charge in [0.15, 0.2) is 0 Å². The molecular weight excluding hydrogens is 210 g/mol. The first-order valence-corrected chi connectivity index (χ1v) is 5.08. The molecule has 3 N–H and O–H groups in total. The van der Waals surface area contributed by atoms with Crippen LogP contribution >= 0.6 is 0 Å². The highest BCUT2D eigenvalue weighted by Gasteiger charge is 2.23. The number of methoxy groups -OCH3 is 1. The molecule has 0 aromatic carbocycles. The molecule has 94 valence electrons. The molecule has 0 spiro atoms. The van der Waals surface area contributed by atoms with Crippen LogP contribution in [0.1, 0.15) is 26.7 Å². The third-order valence-corrected chi connectivity index (χ3v) is 2.39. The van der Waals surface area contributed by atoms with E-state index >= 15 is 0 Å². The Morgan fingerprint density at radius 3 is 2.56 bits per heavy atom. The third-order valence-electron chi connectivity index (χ3n) is 2.39. The predicted molar refractivity (Wildman–Crippen MR) is 61.4 cm³/mol. The average Bonchev–Trinajstić information content (AvgIpc) is 2.24. The van der Waals surface area contributed by atoms with E-state index in [4.69, 9.17) is 15.7 Å². The topological polar surface area (TPSA) is 88.2 Å². The quantitative estimate of drug-likeness (QED) is 0.300. The van der Waals surface area contributed by atoms with Gasteiger partial charge < -0.3 is 20.6 Å². The first-order chi connectivity index (χ1) is 7.32. The fourth-order valence-electron chi connectivity index (χ4n) is 1.03. The van der Waals surface area contributed by atoms with Crippen molar-refractivity contribution < 1.29 is 14.7 Å². The van der Waals surface area contributed by atoms with Crippen molar-refractivity contribution in [2.24, 2.45) is 10.9 Å². The second kappa shape index (κ2) is 6.32. The summed E-state index contributed by atoms with van der Waals surface area (Å²) in [4.78, 5) is 13.3. The molecule has 0 saturated carbocycles. The van der Waals surface area contributed by atoms with Gasteiger partial charge in [0.2, 0.25) is 5.91 Å². The number of hydrogen-bond donors (Lipinski definition) is 2. The fourth-order valence-corrected chi connectivity index (χ4v) is 1.03. The van der Waals surface area contributed by atoms with E-state index in [9.17, 15) is 4.79 Å². The zero-order valence-electron chi connectivity index (χ0n) is 10.4. The lowest BCUT2D eigenvalue weighted by atomic mass is 10.0. The Morgan fingerprint density at radius 1 is 1.56 bits per heavy atom. The van der Waals surface area contributed by atoms with Crippen LogP contribution in [-0.4, -0.2) is 48.2 Å². The molecule has 0 aliphatic carbocycles. The molecule has 0 bridgehead atoms. The number of nitrogens with zero attached hydrogens (tertiary/aromatic N) is 2. The van der Waals surface area contributed by atoms with Gasteiger partial charge in [0, 0.05) is 27.1 Å². The van der Waals surface area contributed by atoms with Gasteiger partial charge in [-0.2, -0.15) is 0 Å². The summed E-state index contributed by atoms with van der Waals surface area (Å²) in [7, 11) is 3.25. The van der Waals surface area contributed by atoms with E-state index in [1.807, 2.05) is 13.8 Å². The SMILES string of the molecule is COC(C)(C)CC(=O)N(C)CCC(N)=NO. The molecule has 0 aliphatic heterocycles. The van der Waals surface area contributed by atoms with E-state index in [1.165, 1.54) is 0 Å². The van der Waals surface area contributed by atoms with Crippen molar-refractivity contribution in [2.45, 2.75) is 32.3 Å². The summed E-state index contributed by atoms with van der Waals surface area (Å²) >= 11 is 0. The standard InChI is InChI=1S/C10H21N3O3/c1-10(2,16-4)7-9(14)13(3)6-5-8(11)12-15/h15H,5-7H2,1-4H3,(H2,11,12). The molecule has 0 heterocycles.